The lowest BCUT2D eigenvalue weighted by molar-refractivity contribution is -0.142. The molecule has 0 fully saturated rings. The number of aliphatic carboxylic acids is 1. The molecule has 6 nitrogen and oxygen atoms in total. The second kappa shape index (κ2) is 11.0. The maximum atomic E-state index is 11.8. The highest BCUT2D eigenvalue weighted by Crippen LogP contribution is 2.39. The summed E-state index contributed by atoms with van der Waals surface area (Å²) in [6.07, 6.45) is 6.69. The summed E-state index contributed by atoms with van der Waals surface area (Å²) in [6, 6.07) is 14.3. The minimum atomic E-state index is -0.983. The fourth-order valence-electron chi connectivity index (χ4n) is 5.66. The molecule has 2 atom stereocenters. The number of hydrogen-bond donors (Lipinski definition) is 2. The lowest BCUT2D eigenvalue weighted by Gasteiger charge is -2.28. The summed E-state index contributed by atoms with van der Waals surface area (Å²) in [6.45, 7) is 6.05. The van der Waals surface area contributed by atoms with Crippen LogP contribution in [0.15, 0.2) is 54.9 Å². The Bertz CT molecular complexity index is 1190. The van der Waals surface area contributed by atoms with Gasteiger partial charge in [0.15, 0.2) is 0 Å². The van der Waals surface area contributed by atoms with E-state index in [0.717, 1.165) is 53.9 Å². The van der Waals surface area contributed by atoms with Gasteiger partial charge in [0, 0.05) is 30.4 Å². The summed E-state index contributed by atoms with van der Waals surface area (Å²) in [5, 5.41) is 21.4. The van der Waals surface area contributed by atoms with Crippen molar-refractivity contribution in [3.05, 3.63) is 82.7 Å². The Morgan fingerprint density at radius 3 is 2.19 bits per heavy atom. The second-order valence-corrected chi connectivity index (χ2v) is 10.8. The van der Waals surface area contributed by atoms with Gasteiger partial charge in [0.2, 0.25) is 0 Å². The van der Waals surface area contributed by atoms with Crippen LogP contribution < -0.4 is 9.47 Å². The number of rotatable bonds is 11. The van der Waals surface area contributed by atoms with Gasteiger partial charge in [0.25, 0.3) is 0 Å². The van der Waals surface area contributed by atoms with Crippen molar-refractivity contribution >= 4 is 5.97 Å². The number of hydrogen-bond acceptors (Lipinski definition) is 4. The number of carboxylic acids is 1. The number of fused-ring (bicyclic) bond motifs is 1. The Morgan fingerprint density at radius 1 is 1.08 bits per heavy atom. The van der Waals surface area contributed by atoms with Crippen molar-refractivity contribution in [1.29, 1.82) is 0 Å². The molecule has 2 N–H and O–H groups in total. The van der Waals surface area contributed by atoms with E-state index >= 15 is 0 Å². The minimum absolute atomic E-state index is 0.0885. The molecule has 0 aliphatic heterocycles. The SMILES string of the molecule is CCc1c(OC)cc([C@@H](O)[C@H](CC2Cc3ccccc3C2)Cn2ccc(C(C)(C)C(=O)O)c2)cc1OC. The van der Waals surface area contributed by atoms with Crippen molar-refractivity contribution in [3.8, 4) is 11.5 Å². The first-order valence-corrected chi connectivity index (χ1v) is 13.1. The molecule has 6 heteroatoms. The molecule has 2 aromatic carbocycles. The van der Waals surface area contributed by atoms with Crippen LogP contribution in [0, 0.1) is 11.8 Å². The van der Waals surface area contributed by atoms with Gasteiger partial charge in [0.05, 0.1) is 25.7 Å². The van der Waals surface area contributed by atoms with Crippen LogP contribution >= 0.6 is 0 Å². The molecule has 0 unspecified atom stereocenters. The zero-order valence-corrected chi connectivity index (χ0v) is 22.5. The number of aromatic nitrogens is 1. The fraction of sp³-hybridized carbons (Fsp3) is 0.452. The molecule has 1 heterocycles. The average molecular weight is 506 g/mol. The van der Waals surface area contributed by atoms with E-state index in [9.17, 15) is 15.0 Å². The molecule has 4 rings (SSSR count). The number of aliphatic hydroxyl groups excluding tert-OH is 1. The minimum Gasteiger partial charge on any atom is -0.496 e. The number of nitrogens with zero attached hydrogens (tertiary/aromatic N) is 1. The first-order valence-electron chi connectivity index (χ1n) is 13.1. The Labute approximate surface area is 219 Å². The van der Waals surface area contributed by atoms with Gasteiger partial charge in [-0.3, -0.25) is 4.79 Å². The van der Waals surface area contributed by atoms with E-state index in [1.807, 2.05) is 35.2 Å². The van der Waals surface area contributed by atoms with Crippen molar-refractivity contribution in [1.82, 2.24) is 4.57 Å². The number of benzene rings is 2. The van der Waals surface area contributed by atoms with Crippen molar-refractivity contribution in [2.75, 3.05) is 14.2 Å². The highest BCUT2D eigenvalue weighted by atomic mass is 16.5. The molecule has 0 saturated carbocycles. The third-order valence-electron chi connectivity index (χ3n) is 8.00. The summed E-state index contributed by atoms with van der Waals surface area (Å²) in [4.78, 5) is 11.8. The van der Waals surface area contributed by atoms with Gasteiger partial charge < -0.3 is 24.3 Å². The molecule has 1 aliphatic rings. The van der Waals surface area contributed by atoms with E-state index in [4.69, 9.17) is 9.47 Å². The molecule has 1 aliphatic carbocycles. The lowest BCUT2D eigenvalue weighted by atomic mass is 9.85. The molecule has 198 valence electrons. The van der Waals surface area contributed by atoms with Crippen molar-refractivity contribution < 1.29 is 24.5 Å². The average Bonchev–Trinajstić information content (AvgIpc) is 3.53. The Balaban J connectivity index is 1.65. The number of carbonyl (C=O) groups is 1. The van der Waals surface area contributed by atoms with Crippen LogP contribution in [0.2, 0.25) is 0 Å². The van der Waals surface area contributed by atoms with Gasteiger partial charge >= 0.3 is 5.97 Å². The van der Waals surface area contributed by atoms with E-state index in [2.05, 4.69) is 31.2 Å². The monoisotopic (exact) mass is 505 g/mol. The molecule has 0 amide bonds. The number of ether oxygens (including phenoxy) is 2. The number of aliphatic hydroxyl groups is 1. The number of carboxylic acid groups (broad SMARTS) is 1. The third kappa shape index (κ3) is 5.54. The molecule has 3 aromatic rings. The highest BCUT2D eigenvalue weighted by molar-refractivity contribution is 5.80. The zero-order valence-electron chi connectivity index (χ0n) is 22.5. The van der Waals surface area contributed by atoms with Gasteiger partial charge in [-0.2, -0.15) is 0 Å². The van der Waals surface area contributed by atoms with E-state index in [-0.39, 0.29) is 5.92 Å². The topological polar surface area (TPSA) is 80.9 Å². The van der Waals surface area contributed by atoms with E-state index in [1.165, 1.54) is 11.1 Å². The predicted molar refractivity (Wildman–Crippen MR) is 144 cm³/mol. The third-order valence-corrected chi connectivity index (χ3v) is 8.00. The molecule has 0 radical (unpaired) electrons. The Morgan fingerprint density at radius 2 is 1.68 bits per heavy atom. The summed E-state index contributed by atoms with van der Waals surface area (Å²) >= 11 is 0. The maximum absolute atomic E-state index is 11.8. The first-order chi connectivity index (χ1) is 17.7. The van der Waals surface area contributed by atoms with E-state index < -0.39 is 17.5 Å². The summed E-state index contributed by atoms with van der Waals surface area (Å²) < 4.78 is 13.3. The summed E-state index contributed by atoms with van der Waals surface area (Å²) in [5.41, 5.74) is 4.30. The van der Waals surface area contributed by atoms with Crippen LogP contribution in [0.25, 0.3) is 0 Å². The van der Waals surface area contributed by atoms with Crippen LogP contribution in [0.1, 0.15) is 61.1 Å². The van der Waals surface area contributed by atoms with Crippen molar-refractivity contribution in [3.63, 3.8) is 0 Å². The summed E-state index contributed by atoms with van der Waals surface area (Å²) in [7, 11) is 3.28. The Hall–Kier alpha value is -3.25. The van der Waals surface area contributed by atoms with Crippen molar-refractivity contribution in [2.45, 2.75) is 64.5 Å². The smallest absolute Gasteiger partial charge is 0.313 e. The molecule has 0 saturated heterocycles. The Kier molecular flexibility index (Phi) is 7.98. The van der Waals surface area contributed by atoms with Gasteiger partial charge in [-0.25, -0.2) is 0 Å². The largest absolute Gasteiger partial charge is 0.496 e. The molecule has 1 aromatic heterocycles. The maximum Gasteiger partial charge on any atom is 0.313 e. The normalized spacial score (nSPS) is 15.3. The fourth-order valence-corrected chi connectivity index (χ4v) is 5.66. The predicted octanol–water partition coefficient (Wildman–Crippen LogP) is 5.58. The van der Waals surface area contributed by atoms with E-state index in [1.54, 1.807) is 28.1 Å². The van der Waals surface area contributed by atoms with Crippen LogP contribution in [-0.2, 0) is 36.0 Å². The van der Waals surface area contributed by atoms with Crippen molar-refractivity contribution in [2.24, 2.45) is 11.8 Å². The van der Waals surface area contributed by atoms with Crippen LogP contribution in [0.3, 0.4) is 0 Å². The van der Waals surface area contributed by atoms with Gasteiger partial charge in [-0.1, -0.05) is 31.2 Å². The van der Waals surface area contributed by atoms with Crippen LogP contribution in [-0.4, -0.2) is 35.0 Å². The summed E-state index contributed by atoms with van der Waals surface area (Å²) in [5.74, 6) is 0.917. The molecular formula is C31H39NO5. The quantitative estimate of drug-likeness (QED) is 0.355. The van der Waals surface area contributed by atoms with Gasteiger partial charge in [0.1, 0.15) is 11.5 Å². The highest BCUT2D eigenvalue weighted by Gasteiger charge is 2.32. The van der Waals surface area contributed by atoms with Crippen LogP contribution in [0.4, 0.5) is 0 Å². The molecular weight excluding hydrogens is 466 g/mol. The van der Waals surface area contributed by atoms with Crippen LogP contribution in [0.5, 0.6) is 11.5 Å². The zero-order chi connectivity index (χ0) is 26.7. The number of methoxy groups -OCH3 is 2. The lowest BCUT2D eigenvalue weighted by Crippen LogP contribution is -2.28. The molecule has 37 heavy (non-hydrogen) atoms. The van der Waals surface area contributed by atoms with E-state index in [0.29, 0.717) is 12.5 Å². The van der Waals surface area contributed by atoms with Gasteiger partial charge in [-0.15, -0.1) is 0 Å². The molecule has 0 spiro atoms. The van der Waals surface area contributed by atoms with Gasteiger partial charge in [-0.05, 0) is 85.9 Å². The standard InChI is InChI=1S/C31H39NO5/c1-6-26-27(36-4)16-23(17-28(26)37-5)29(33)24(15-20-13-21-9-7-8-10-22(21)14-20)18-32-12-11-25(19-32)31(2,3)30(34)35/h7-12,16-17,19-20,24,29,33H,6,13-15,18H2,1-5H3,(H,34,35)/t24-,29-/m1/s1. The molecule has 0 bridgehead atoms. The second-order valence-electron chi connectivity index (χ2n) is 10.8. The first kappa shape index (κ1) is 26.8.